The Balaban J connectivity index is 2.05. The van der Waals surface area contributed by atoms with E-state index in [0.717, 1.165) is 0 Å². The Bertz CT molecular complexity index is 452. The van der Waals surface area contributed by atoms with Crippen molar-refractivity contribution < 1.29 is 9.82 Å². The van der Waals surface area contributed by atoms with Gasteiger partial charge in [-0.3, -0.25) is 4.79 Å². The number of Topliss-reactive ketones (excluding diaryl/α,β-unsaturated/α-hetero) is 1. The minimum Gasteiger partial charge on any atom is -0.437 e. The highest BCUT2D eigenvalue weighted by atomic mass is 16.2. The third-order valence-electron chi connectivity index (χ3n) is 4.16. The predicted molar refractivity (Wildman–Crippen MR) is 81.4 cm³/mol. The first-order valence-electron chi connectivity index (χ1n) is 7.22. The molecule has 1 aromatic rings. The Morgan fingerprint density at radius 1 is 1.40 bits per heavy atom. The third-order valence-corrected chi connectivity index (χ3v) is 4.16. The molecule has 1 aliphatic heterocycles. The van der Waals surface area contributed by atoms with E-state index < -0.39 is 7.05 Å². The normalized spacial score (nSPS) is 24.6. The van der Waals surface area contributed by atoms with Crippen molar-refractivity contribution in [2.24, 2.45) is 5.92 Å². The molecule has 0 aliphatic carbocycles. The predicted octanol–water partition coefficient (Wildman–Crippen LogP) is 1.34. The van der Waals surface area contributed by atoms with Gasteiger partial charge < -0.3 is 15.2 Å². The number of ketones is 1. The van der Waals surface area contributed by atoms with Crippen LogP contribution in [-0.4, -0.2) is 41.8 Å². The smallest absolute Gasteiger partial charge is 0.376 e. The van der Waals surface area contributed by atoms with Crippen molar-refractivity contribution in [3.63, 3.8) is 0 Å². The first-order valence-corrected chi connectivity index (χ1v) is 7.22. The second-order valence-corrected chi connectivity index (χ2v) is 5.71. The number of carbonyl (C=O) groups is 1. The maximum Gasteiger partial charge on any atom is 0.376 e. The quantitative estimate of drug-likeness (QED) is 0.795. The second kappa shape index (κ2) is 6.52. The van der Waals surface area contributed by atoms with Gasteiger partial charge in [-0.2, -0.15) is 0 Å². The minimum absolute atomic E-state index is 0.0456. The molecule has 0 amide bonds. The summed E-state index contributed by atoms with van der Waals surface area (Å²) in [6.07, 6.45) is 0. The van der Waals surface area contributed by atoms with Crippen molar-refractivity contribution >= 4 is 12.8 Å². The van der Waals surface area contributed by atoms with E-state index in [1.54, 1.807) is 13.7 Å². The summed E-state index contributed by atoms with van der Waals surface area (Å²) in [5.74, 6) is 0.140. The molecule has 1 heterocycles. The average molecular weight is 274 g/mol. The number of hydrogen-bond donors (Lipinski definition) is 2. The van der Waals surface area contributed by atoms with Crippen LogP contribution in [0, 0.1) is 5.92 Å². The zero-order valence-corrected chi connectivity index (χ0v) is 12.4. The summed E-state index contributed by atoms with van der Waals surface area (Å²) in [6, 6.07) is 10.5. The van der Waals surface area contributed by atoms with Crippen LogP contribution in [0.3, 0.4) is 0 Å². The standard InChI is InChI=1S/C15H23BN2O2/c1-11(13-7-5-4-6-8-13)17-15-10-18(16(3)20)9-14(15)12(2)19/h4-8,11,14-15,17,20H,9-10H2,1-3H3/t11-,14?,15?/m1/s1. The molecule has 1 saturated heterocycles. The molecular weight excluding hydrogens is 251 g/mol. The van der Waals surface area contributed by atoms with Gasteiger partial charge in [0.15, 0.2) is 0 Å². The Hall–Kier alpha value is -1.17. The van der Waals surface area contributed by atoms with Gasteiger partial charge in [-0.15, -0.1) is 0 Å². The average Bonchev–Trinajstić information content (AvgIpc) is 2.84. The summed E-state index contributed by atoms with van der Waals surface area (Å²) in [5.41, 5.74) is 1.21. The second-order valence-electron chi connectivity index (χ2n) is 5.71. The van der Waals surface area contributed by atoms with E-state index in [0.29, 0.717) is 13.1 Å². The third kappa shape index (κ3) is 3.48. The van der Waals surface area contributed by atoms with Crippen LogP contribution in [0.4, 0.5) is 0 Å². The monoisotopic (exact) mass is 274 g/mol. The van der Waals surface area contributed by atoms with Crippen molar-refractivity contribution in [1.29, 1.82) is 0 Å². The lowest BCUT2D eigenvalue weighted by molar-refractivity contribution is -0.120. The summed E-state index contributed by atoms with van der Waals surface area (Å²) in [6.45, 7) is 6.83. The highest BCUT2D eigenvalue weighted by Gasteiger charge is 2.38. The Morgan fingerprint density at radius 3 is 2.60 bits per heavy atom. The molecule has 0 saturated carbocycles. The Kier molecular flexibility index (Phi) is 4.97. The van der Waals surface area contributed by atoms with Gasteiger partial charge in [-0.25, -0.2) is 0 Å². The van der Waals surface area contributed by atoms with E-state index >= 15 is 0 Å². The fraction of sp³-hybridized carbons (Fsp3) is 0.533. The lowest BCUT2D eigenvalue weighted by Gasteiger charge is -2.23. The summed E-state index contributed by atoms with van der Waals surface area (Å²) in [4.78, 5) is 13.7. The van der Waals surface area contributed by atoms with Gasteiger partial charge in [0.25, 0.3) is 0 Å². The largest absolute Gasteiger partial charge is 0.437 e. The van der Waals surface area contributed by atoms with Crippen LogP contribution < -0.4 is 5.32 Å². The maximum absolute atomic E-state index is 11.8. The van der Waals surface area contributed by atoms with Crippen molar-refractivity contribution in [3.8, 4) is 0 Å². The molecule has 5 heteroatoms. The van der Waals surface area contributed by atoms with Crippen LogP contribution in [0.25, 0.3) is 0 Å². The van der Waals surface area contributed by atoms with Crippen molar-refractivity contribution in [3.05, 3.63) is 35.9 Å². The number of hydrogen-bond acceptors (Lipinski definition) is 4. The fourth-order valence-corrected chi connectivity index (χ4v) is 2.88. The highest BCUT2D eigenvalue weighted by Crippen LogP contribution is 2.22. The molecule has 1 fully saturated rings. The van der Waals surface area contributed by atoms with Gasteiger partial charge in [0.05, 0.1) is 0 Å². The zero-order valence-electron chi connectivity index (χ0n) is 12.4. The number of carbonyl (C=O) groups excluding carboxylic acids is 1. The summed E-state index contributed by atoms with van der Waals surface area (Å²) < 4.78 is 0. The van der Waals surface area contributed by atoms with E-state index in [4.69, 9.17) is 0 Å². The van der Waals surface area contributed by atoms with Crippen LogP contribution in [0.5, 0.6) is 0 Å². The highest BCUT2D eigenvalue weighted by molar-refractivity contribution is 6.45. The van der Waals surface area contributed by atoms with Crippen LogP contribution in [0.1, 0.15) is 25.5 Å². The van der Waals surface area contributed by atoms with E-state index in [-0.39, 0.29) is 23.8 Å². The molecule has 1 aromatic carbocycles. The van der Waals surface area contributed by atoms with Crippen molar-refractivity contribution in [2.75, 3.05) is 13.1 Å². The lowest BCUT2D eigenvalue weighted by atomic mass is 9.86. The number of nitrogens with one attached hydrogen (secondary N) is 1. The Morgan fingerprint density at radius 2 is 2.05 bits per heavy atom. The zero-order chi connectivity index (χ0) is 14.7. The molecule has 20 heavy (non-hydrogen) atoms. The number of rotatable bonds is 5. The van der Waals surface area contributed by atoms with Gasteiger partial charge in [-0.05, 0) is 26.2 Å². The van der Waals surface area contributed by atoms with Crippen molar-refractivity contribution in [1.82, 2.24) is 10.1 Å². The lowest BCUT2D eigenvalue weighted by Crippen LogP contribution is -2.41. The summed E-state index contributed by atoms with van der Waals surface area (Å²) >= 11 is 0. The SMILES string of the molecule is CB(O)N1CC(N[C@H](C)c2ccccc2)C(C(C)=O)C1. The summed E-state index contributed by atoms with van der Waals surface area (Å²) in [7, 11) is -0.504. The van der Waals surface area contributed by atoms with E-state index in [1.165, 1.54) is 5.56 Å². The molecule has 2 N–H and O–H groups in total. The van der Waals surface area contributed by atoms with Crippen LogP contribution in [0.15, 0.2) is 30.3 Å². The van der Waals surface area contributed by atoms with Crippen molar-refractivity contribution in [2.45, 2.75) is 32.8 Å². The molecule has 0 bridgehead atoms. The van der Waals surface area contributed by atoms with Gasteiger partial charge in [0.1, 0.15) is 5.78 Å². The van der Waals surface area contributed by atoms with Crippen LogP contribution >= 0.6 is 0 Å². The molecule has 1 aliphatic rings. The number of nitrogens with zero attached hydrogens (tertiary/aromatic N) is 1. The maximum atomic E-state index is 11.8. The van der Waals surface area contributed by atoms with E-state index in [1.807, 2.05) is 23.0 Å². The van der Waals surface area contributed by atoms with Crippen LogP contribution in [-0.2, 0) is 4.79 Å². The molecule has 0 aromatic heterocycles. The van der Waals surface area contributed by atoms with Gasteiger partial charge in [-0.1, -0.05) is 30.3 Å². The first kappa shape index (κ1) is 15.2. The molecule has 2 unspecified atom stereocenters. The van der Waals surface area contributed by atoms with E-state index in [9.17, 15) is 9.82 Å². The Labute approximate surface area is 121 Å². The van der Waals surface area contributed by atoms with Crippen LogP contribution in [0.2, 0.25) is 6.82 Å². The molecule has 3 atom stereocenters. The molecule has 2 rings (SSSR count). The molecule has 0 radical (unpaired) electrons. The van der Waals surface area contributed by atoms with Gasteiger partial charge in [0, 0.05) is 31.1 Å². The summed E-state index contributed by atoms with van der Waals surface area (Å²) in [5, 5.41) is 13.2. The topological polar surface area (TPSA) is 52.6 Å². The first-order chi connectivity index (χ1) is 9.49. The number of benzene rings is 1. The molecule has 108 valence electrons. The molecular formula is C15H23BN2O2. The fourth-order valence-electron chi connectivity index (χ4n) is 2.88. The van der Waals surface area contributed by atoms with Gasteiger partial charge >= 0.3 is 7.05 Å². The van der Waals surface area contributed by atoms with Gasteiger partial charge in [0.2, 0.25) is 0 Å². The molecule has 0 spiro atoms. The molecule has 4 nitrogen and oxygen atoms in total. The minimum atomic E-state index is -0.504. The van der Waals surface area contributed by atoms with E-state index in [2.05, 4.69) is 24.4 Å².